The lowest BCUT2D eigenvalue weighted by molar-refractivity contribution is -0.0968. The third-order valence-electron chi connectivity index (χ3n) is 9.17. The van der Waals surface area contributed by atoms with Crippen molar-refractivity contribution in [2.75, 3.05) is 13.2 Å². The summed E-state index contributed by atoms with van der Waals surface area (Å²) in [6.07, 6.45) is 13.4. The molecule has 0 amide bonds. The second-order valence-electron chi connectivity index (χ2n) is 12.0. The van der Waals surface area contributed by atoms with Crippen LogP contribution >= 0.6 is 0 Å². The van der Waals surface area contributed by atoms with Gasteiger partial charge in [0.25, 0.3) is 0 Å². The van der Waals surface area contributed by atoms with Crippen LogP contribution in [0, 0.1) is 29.1 Å². The first-order valence-corrected chi connectivity index (χ1v) is 13.9. The molecule has 0 unspecified atom stereocenters. The van der Waals surface area contributed by atoms with Crippen LogP contribution in [0.25, 0.3) is 0 Å². The molecule has 0 radical (unpaired) electrons. The average molecular weight is 475 g/mol. The fourth-order valence-corrected chi connectivity index (χ4v) is 7.20. The molecule has 3 rings (SSSR count). The minimum Gasteiger partial charge on any atom is -0.396 e. The standard InChI is InChI=1S/C30H50O4/c1-20(2)9-6-10-21(3)25-14-15-26-23(11-7-16-30(25,26)5)12-13-24-19-27(32)29(28(33)22(24)4)34-18-8-17-31/h12-13,20-21,25-29,31-33H,4,6-11,14-19H2,1-3,5H3/b23-12+,24-13-/t21-,25-,26+,27-,28-,29+,30-/m1/s1. The summed E-state index contributed by atoms with van der Waals surface area (Å²) in [7, 11) is 0. The van der Waals surface area contributed by atoms with Crippen molar-refractivity contribution in [2.45, 2.75) is 110 Å². The second kappa shape index (κ2) is 12.3. The highest BCUT2D eigenvalue weighted by atomic mass is 16.5. The molecule has 0 aromatic heterocycles. The largest absolute Gasteiger partial charge is 0.396 e. The van der Waals surface area contributed by atoms with E-state index in [0.717, 1.165) is 29.7 Å². The third kappa shape index (κ3) is 6.24. The van der Waals surface area contributed by atoms with Gasteiger partial charge < -0.3 is 20.1 Å². The minimum atomic E-state index is -0.911. The maximum atomic E-state index is 10.7. The van der Waals surface area contributed by atoms with Gasteiger partial charge in [0.1, 0.15) is 12.2 Å². The van der Waals surface area contributed by atoms with E-state index < -0.39 is 18.3 Å². The highest BCUT2D eigenvalue weighted by molar-refractivity contribution is 5.40. The van der Waals surface area contributed by atoms with Gasteiger partial charge in [-0.25, -0.2) is 0 Å². The van der Waals surface area contributed by atoms with Crippen LogP contribution < -0.4 is 0 Å². The zero-order chi connectivity index (χ0) is 24.9. The van der Waals surface area contributed by atoms with Crippen LogP contribution in [-0.2, 0) is 4.74 Å². The average Bonchev–Trinajstić information content (AvgIpc) is 3.15. The molecule has 0 spiro atoms. The van der Waals surface area contributed by atoms with E-state index >= 15 is 0 Å². The molecule has 34 heavy (non-hydrogen) atoms. The lowest BCUT2D eigenvalue weighted by Gasteiger charge is -2.44. The van der Waals surface area contributed by atoms with E-state index in [4.69, 9.17) is 9.84 Å². The van der Waals surface area contributed by atoms with Gasteiger partial charge in [-0.3, -0.25) is 0 Å². The Morgan fingerprint density at radius 3 is 2.59 bits per heavy atom. The number of rotatable bonds is 10. The van der Waals surface area contributed by atoms with Crippen LogP contribution in [0.2, 0.25) is 0 Å². The van der Waals surface area contributed by atoms with Crippen LogP contribution in [0.5, 0.6) is 0 Å². The van der Waals surface area contributed by atoms with Gasteiger partial charge in [-0.15, -0.1) is 0 Å². The summed E-state index contributed by atoms with van der Waals surface area (Å²) in [6, 6.07) is 0. The molecule has 0 heterocycles. The molecule has 4 heteroatoms. The highest BCUT2D eigenvalue weighted by Crippen LogP contribution is 2.60. The molecule has 3 fully saturated rings. The van der Waals surface area contributed by atoms with Crippen molar-refractivity contribution in [3.63, 3.8) is 0 Å². The van der Waals surface area contributed by atoms with Gasteiger partial charge >= 0.3 is 0 Å². The van der Waals surface area contributed by atoms with E-state index in [-0.39, 0.29) is 6.61 Å². The van der Waals surface area contributed by atoms with E-state index in [2.05, 4.69) is 46.4 Å². The Labute approximate surface area is 208 Å². The number of aliphatic hydroxyl groups is 3. The molecule has 3 saturated carbocycles. The quantitative estimate of drug-likeness (QED) is 0.341. The van der Waals surface area contributed by atoms with Crippen molar-refractivity contribution in [3.8, 4) is 0 Å². The van der Waals surface area contributed by atoms with Crippen LogP contribution in [-0.4, -0.2) is 46.8 Å². The van der Waals surface area contributed by atoms with E-state index in [1.807, 2.05) is 0 Å². The normalized spacial score (nSPS) is 37.5. The van der Waals surface area contributed by atoms with Crippen molar-refractivity contribution >= 4 is 0 Å². The van der Waals surface area contributed by atoms with E-state index in [1.54, 1.807) is 5.57 Å². The third-order valence-corrected chi connectivity index (χ3v) is 9.17. The van der Waals surface area contributed by atoms with Crippen molar-refractivity contribution in [3.05, 3.63) is 35.5 Å². The Morgan fingerprint density at radius 2 is 1.88 bits per heavy atom. The topological polar surface area (TPSA) is 69.9 Å². The van der Waals surface area contributed by atoms with Gasteiger partial charge in [-0.1, -0.05) is 71.3 Å². The van der Waals surface area contributed by atoms with Gasteiger partial charge in [-0.05, 0) is 78.8 Å². The van der Waals surface area contributed by atoms with Crippen molar-refractivity contribution in [2.24, 2.45) is 29.1 Å². The van der Waals surface area contributed by atoms with Crippen LogP contribution in [0.15, 0.2) is 35.5 Å². The Hall–Kier alpha value is -0.940. The predicted octanol–water partition coefficient (Wildman–Crippen LogP) is 5.97. The summed E-state index contributed by atoms with van der Waals surface area (Å²) >= 11 is 0. The molecule has 0 aliphatic heterocycles. The molecule has 4 nitrogen and oxygen atoms in total. The molecule has 0 aromatic carbocycles. The molecule has 194 valence electrons. The Bertz CT molecular complexity index is 738. The zero-order valence-corrected chi connectivity index (χ0v) is 22.1. The Morgan fingerprint density at radius 1 is 1.12 bits per heavy atom. The van der Waals surface area contributed by atoms with Gasteiger partial charge in [0, 0.05) is 19.6 Å². The highest BCUT2D eigenvalue weighted by Gasteiger charge is 2.50. The van der Waals surface area contributed by atoms with Crippen molar-refractivity contribution < 1.29 is 20.1 Å². The molecule has 3 aliphatic rings. The first-order valence-electron chi connectivity index (χ1n) is 13.9. The smallest absolute Gasteiger partial charge is 0.114 e. The van der Waals surface area contributed by atoms with E-state index in [9.17, 15) is 10.2 Å². The molecular weight excluding hydrogens is 424 g/mol. The van der Waals surface area contributed by atoms with Crippen molar-refractivity contribution in [1.29, 1.82) is 0 Å². The van der Waals surface area contributed by atoms with Crippen molar-refractivity contribution in [1.82, 2.24) is 0 Å². The molecule has 7 atom stereocenters. The fourth-order valence-electron chi connectivity index (χ4n) is 7.20. The zero-order valence-electron chi connectivity index (χ0n) is 22.1. The summed E-state index contributed by atoms with van der Waals surface area (Å²) in [5, 5.41) is 30.3. The fraction of sp³-hybridized carbons (Fsp3) is 0.800. The summed E-state index contributed by atoms with van der Waals surface area (Å²) in [5.41, 5.74) is 3.53. The SMILES string of the molecule is C=C1/C(=C\C=C2/CCC[C@]3(C)[C@@H]([C@H](C)CCCC(C)C)CC[C@@H]23)C[C@@H](O)[C@H](OCCCO)[C@@H]1O. The first-order chi connectivity index (χ1) is 16.2. The molecular formula is C30H50O4. The molecule has 0 bridgehead atoms. The number of hydrogen-bond donors (Lipinski definition) is 3. The van der Waals surface area contributed by atoms with Crippen LogP contribution in [0.4, 0.5) is 0 Å². The predicted molar refractivity (Wildman–Crippen MR) is 139 cm³/mol. The minimum absolute atomic E-state index is 0.0379. The summed E-state index contributed by atoms with van der Waals surface area (Å²) in [4.78, 5) is 0. The summed E-state index contributed by atoms with van der Waals surface area (Å²) in [6.45, 7) is 14.2. The second-order valence-corrected chi connectivity index (χ2v) is 12.0. The Kier molecular flexibility index (Phi) is 10.0. The van der Waals surface area contributed by atoms with Gasteiger partial charge in [-0.2, -0.15) is 0 Å². The molecule has 3 aliphatic carbocycles. The first kappa shape index (κ1) is 27.6. The molecule has 0 saturated heterocycles. The number of ether oxygens (including phenoxy) is 1. The summed E-state index contributed by atoms with van der Waals surface area (Å²) in [5.74, 6) is 3.05. The van der Waals surface area contributed by atoms with Gasteiger partial charge in [0.15, 0.2) is 0 Å². The summed E-state index contributed by atoms with van der Waals surface area (Å²) < 4.78 is 5.64. The van der Waals surface area contributed by atoms with Crippen LogP contribution in [0.3, 0.4) is 0 Å². The number of aliphatic hydroxyl groups excluding tert-OH is 3. The van der Waals surface area contributed by atoms with Gasteiger partial charge in [0.2, 0.25) is 0 Å². The van der Waals surface area contributed by atoms with Gasteiger partial charge in [0.05, 0.1) is 6.10 Å². The Balaban J connectivity index is 1.68. The monoisotopic (exact) mass is 474 g/mol. The molecule has 0 aromatic rings. The lowest BCUT2D eigenvalue weighted by Crippen LogP contribution is -2.45. The lowest BCUT2D eigenvalue weighted by atomic mass is 9.60. The van der Waals surface area contributed by atoms with E-state index in [0.29, 0.717) is 36.4 Å². The maximum absolute atomic E-state index is 10.7. The molecule has 3 N–H and O–H groups in total. The number of fused-ring (bicyclic) bond motifs is 1. The van der Waals surface area contributed by atoms with Crippen LogP contribution in [0.1, 0.15) is 91.9 Å². The van der Waals surface area contributed by atoms with E-state index in [1.165, 1.54) is 44.9 Å². The number of hydrogen-bond acceptors (Lipinski definition) is 4. The number of allylic oxidation sites excluding steroid dienone is 3. The maximum Gasteiger partial charge on any atom is 0.114 e.